The van der Waals surface area contributed by atoms with Gasteiger partial charge in [-0.05, 0) is 16.9 Å². The molecule has 0 saturated carbocycles. The third kappa shape index (κ3) is 15.8. The maximum atomic E-state index is 5.80. The predicted octanol–water partition coefficient (Wildman–Crippen LogP) is 6.20. The normalized spacial score (nSPS) is 12.0. The Morgan fingerprint density at radius 2 is 1.07 bits per heavy atom. The first kappa shape index (κ1) is 16.8. The van der Waals surface area contributed by atoms with E-state index >= 15 is 0 Å². The quantitative estimate of drug-likeness (QED) is 0.134. The Bertz CT molecular complexity index is 139. The average Bonchev–Trinajstić information content (AvgIpc) is 2.14. The molecule has 0 aliphatic rings. The van der Waals surface area contributed by atoms with Crippen molar-refractivity contribution in [2.75, 3.05) is 4.43 Å². The van der Waals surface area contributed by atoms with E-state index < -0.39 is 6.00 Å². The van der Waals surface area contributed by atoms with Gasteiger partial charge in [0.25, 0.3) is 0 Å². The molecule has 0 amide bonds. The van der Waals surface area contributed by atoms with Gasteiger partial charge in [0.2, 0.25) is 0 Å². The first-order valence-electron chi connectivity index (χ1n) is 5.69. The summed E-state index contributed by atoms with van der Waals surface area (Å²) in [5, 5.41) is 0. The molecule has 0 aliphatic heterocycles. The molecule has 0 heterocycles. The summed E-state index contributed by atoms with van der Waals surface area (Å²) in [5.41, 5.74) is 0. The molecule has 0 aromatic carbocycles. The van der Waals surface area contributed by atoms with Crippen molar-refractivity contribution in [3.8, 4) is 0 Å². The minimum absolute atomic E-state index is 0.826. The van der Waals surface area contributed by atoms with E-state index in [9.17, 15) is 0 Å². The maximum absolute atomic E-state index is 5.80. The molecule has 0 rings (SSSR count). The molecule has 0 spiro atoms. The van der Waals surface area contributed by atoms with Crippen LogP contribution in [-0.2, 0) is 0 Å². The smallest absolute Gasteiger partial charge is 0.126 e. The van der Waals surface area contributed by atoms with Gasteiger partial charge in [-0.25, -0.2) is 0 Å². The second-order valence-electron chi connectivity index (χ2n) is 3.88. The van der Waals surface area contributed by atoms with Gasteiger partial charge in [-0.3, -0.25) is 0 Å². The number of hydrogen-bond acceptors (Lipinski definition) is 0. The molecule has 0 bridgehead atoms. The highest BCUT2D eigenvalue weighted by atomic mass is 127. The summed E-state index contributed by atoms with van der Waals surface area (Å²) in [4.78, 5) is 0. The fourth-order valence-electron chi connectivity index (χ4n) is 1.48. The van der Waals surface area contributed by atoms with Crippen molar-refractivity contribution < 1.29 is 0 Å². The number of unbranched alkanes of at least 4 members (excludes halogenated alkanes) is 7. The molecule has 5 heteroatoms. The highest BCUT2D eigenvalue weighted by Gasteiger charge is 2.23. The zero-order valence-corrected chi connectivity index (χ0v) is 14.5. The highest BCUT2D eigenvalue weighted by molar-refractivity contribution is 14.1. The lowest BCUT2D eigenvalue weighted by Crippen LogP contribution is -2.07. The summed E-state index contributed by atoms with van der Waals surface area (Å²) in [6, 6.07) is -1.50. The number of hydrogen-bond donors (Lipinski definition) is 0. The summed E-state index contributed by atoms with van der Waals surface area (Å²) in [6.07, 6.45) is 10.5. The van der Waals surface area contributed by atoms with E-state index in [2.05, 4.69) is 22.6 Å². The molecule has 0 aliphatic carbocycles. The zero-order valence-electron chi connectivity index (χ0n) is 9.08. The molecule has 0 N–H and O–H groups in total. The lowest BCUT2D eigenvalue weighted by molar-refractivity contribution is 0.587. The summed E-state index contributed by atoms with van der Waals surface area (Å²) in [5.74, 6) is 0. The van der Waals surface area contributed by atoms with E-state index in [1.54, 1.807) is 0 Å². The fraction of sp³-hybridized carbons (Fsp3) is 1.00. The molecule has 92 valence electrons. The minimum atomic E-state index is -2.33. The standard InChI is InChI=1S/C10H20Cl3ISi/c11-15(12,13)10-8-6-4-2-1-3-5-7-9-14/h1-10H2. The van der Waals surface area contributed by atoms with Gasteiger partial charge in [0.05, 0.1) is 0 Å². The molecule has 0 unspecified atom stereocenters. The van der Waals surface area contributed by atoms with Gasteiger partial charge in [-0.15, -0.1) is 33.2 Å². The predicted molar refractivity (Wildman–Crippen MR) is 83.9 cm³/mol. The Labute approximate surface area is 123 Å². The molecule has 0 atom stereocenters. The van der Waals surface area contributed by atoms with Crippen LogP contribution >= 0.6 is 55.8 Å². The van der Waals surface area contributed by atoms with Gasteiger partial charge in [0, 0.05) is 0 Å². The first-order valence-corrected chi connectivity index (χ1v) is 12.5. The van der Waals surface area contributed by atoms with Gasteiger partial charge >= 0.3 is 6.00 Å². The summed E-state index contributed by atoms with van der Waals surface area (Å²) >= 11 is 19.8. The third-order valence-electron chi connectivity index (χ3n) is 2.34. The summed E-state index contributed by atoms with van der Waals surface area (Å²) < 4.78 is 1.30. The van der Waals surface area contributed by atoms with Gasteiger partial charge in [-0.2, -0.15) is 0 Å². The van der Waals surface area contributed by atoms with Crippen molar-refractivity contribution >= 4 is 61.8 Å². The Kier molecular flexibility index (Phi) is 12.3. The topological polar surface area (TPSA) is 0 Å². The van der Waals surface area contributed by atoms with Gasteiger partial charge < -0.3 is 0 Å². The third-order valence-corrected chi connectivity index (χ3v) is 5.73. The van der Waals surface area contributed by atoms with Crippen LogP contribution in [0.25, 0.3) is 0 Å². The monoisotopic (exact) mass is 400 g/mol. The van der Waals surface area contributed by atoms with Crippen LogP contribution in [0, 0.1) is 0 Å². The van der Waals surface area contributed by atoms with Crippen LogP contribution in [0.3, 0.4) is 0 Å². The zero-order chi connectivity index (χ0) is 11.6. The Morgan fingerprint density at radius 3 is 1.47 bits per heavy atom. The van der Waals surface area contributed by atoms with Crippen molar-refractivity contribution in [3.05, 3.63) is 0 Å². The Balaban J connectivity index is 2.99. The molecule has 0 aromatic rings. The van der Waals surface area contributed by atoms with Crippen LogP contribution in [0.2, 0.25) is 6.04 Å². The molecule has 0 radical (unpaired) electrons. The van der Waals surface area contributed by atoms with E-state index in [4.69, 9.17) is 33.2 Å². The minimum Gasteiger partial charge on any atom is -0.126 e. The lowest BCUT2D eigenvalue weighted by atomic mass is 10.1. The highest BCUT2D eigenvalue weighted by Crippen LogP contribution is 2.27. The average molecular weight is 402 g/mol. The Hall–Kier alpha value is 1.82. The van der Waals surface area contributed by atoms with Gasteiger partial charge in [-0.1, -0.05) is 67.5 Å². The maximum Gasteiger partial charge on any atom is 0.341 e. The van der Waals surface area contributed by atoms with E-state index in [-0.39, 0.29) is 0 Å². The van der Waals surface area contributed by atoms with Gasteiger partial charge in [0.15, 0.2) is 0 Å². The second-order valence-corrected chi connectivity index (χ2v) is 14.2. The van der Waals surface area contributed by atoms with Crippen molar-refractivity contribution in [2.24, 2.45) is 0 Å². The molecular formula is C10H20Cl3ISi. The van der Waals surface area contributed by atoms with E-state index in [0.717, 1.165) is 12.5 Å². The second kappa shape index (κ2) is 10.9. The number of alkyl halides is 1. The van der Waals surface area contributed by atoms with Crippen LogP contribution in [0.5, 0.6) is 0 Å². The fourth-order valence-corrected chi connectivity index (χ4v) is 3.87. The molecule has 0 aromatic heterocycles. The SMILES string of the molecule is Cl[Si](Cl)(Cl)CCCCCCCCCCI. The van der Waals surface area contributed by atoms with Crippen molar-refractivity contribution in [3.63, 3.8) is 0 Å². The van der Waals surface area contributed by atoms with Crippen molar-refractivity contribution in [2.45, 2.75) is 57.4 Å². The van der Waals surface area contributed by atoms with E-state index in [0.29, 0.717) is 0 Å². The van der Waals surface area contributed by atoms with E-state index in [1.807, 2.05) is 0 Å². The lowest BCUT2D eigenvalue weighted by Gasteiger charge is -2.06. The first-order chi connectivity index (χ1) is 7.06. The largest absolute Gasteiger partial charge is 0.341 e. The summed E-state index contributed by atoms with van der Waals surface area (Å²) in [6.45, 7) is 0. The summed E-state index contributed by atoms with van der Waals surface area (Å²) in [7, 11) is 0. The van der Waals surface area contributed by atoms with Crippen LogP contribution in [0.15, 0.2) is 0 Å². The molecule has 0 fully saturated rings. The van der Waals surface area contributed by atoms with Crippen LogP contribution in [0.1, 0.15) is 51.4 Å². The van der Waals surface area contributed by atoms with Gasteiger partial charge in [0.1, 0.15) is 0 Å². The number of halogens is 4. The van der Waals surface area contributed by atoms with Crippen LogP contribution in [-0.4, -0.2) is 10.4 Å². The van der Waals surface area contributed by atoms with E-state index in [1.165, 1.54) is 49.4 Å². The molecule has 15 heavy (non-hydrogen) atoms. The Morgan fingerprint density at radius 1 is 0.667 bits per heavy atom. The van der Waals surface area contributed by atoms with Crippen molar-refractivity contribution in [1.82, 2.24) is 0 Å². The van der Waals surface area contributed by atoms with Crippen LogP contribution in [0.4, 0.5) is 0 Å². The number of rotatable bonds is 10. The van der Waals surface area contributed by atoms with Crippen LogP contribution < -0.4 is 0 Å². The van der Waals surface area contributed by atoms with Crippen molar-refractivity contribution in [1.29, 1.82) is 0 Å². The molecule has 0 saturated heterocycles. The molecular weight excluding hydrogens is 381 g/mol. The molecule has 0 nitrogen and oxygen atoms in total.